The first-order valence-electron chi connectivity index (χ1n) is 6.06. The smallest absolute Gasteiger partial charge is 0.234 e. The molecule has 3 nitrogen and oxygen atoms in total. The molecule has 0 bridgehead atoms. The highest BCUT2D eigenvalue weighted by Crippen LogP contribution is 2.27. The van der Waals surface area contributed by atoms with Gasteiger partial charge in [-0.25, -0.2) is 4.39 Å². The van der Waals surface area contributed by atoms with E-state index in [1.807, 2.05) is 0 Å². The van der Waals surface area contributed by atoms with E-state index in [0.29, 0.717) is 13.1 Å². The van der Waals surface area contributed by atoms with Gasteiger partial charge < -0.3 is 10.6 Å². The Morgan fingerprint density at radius 2 is 2.16 bits per heavy atom. The predicted octanol–water partition coefficient (Wildman–Crippen LogP) is 2.63. The van der Waals surface area contributed by atoms with Crippen LogP contribution in [0.5, 0.6) is 0 Å². The number of hydrogen-bond donors (Lipinski definition) is 2. The number of halogens is 3. The van der Waals surface area contributed by atoms with Crippen LogP contribution in [-0.4, -0.2) is 19.0 Å². The predicted molar refractivity (Wildman–Crippen MR) is 78.8 cm³/mol. The van der Waals surface area contributed by atoms with Crippen molar-refractivity contribution in [2.24, 2.45) is 5.92 Å². The van der Waals surface area contributed by atoms with E-state index in [1.165, 1.54) is 25.0 Å². The number of rotatable bonds is 6. The second-order valence-electron chi connectivity index (χ2n) is 4.59. The van der Waals surface area contributed by atoms with E-state index < -0.39 is 0 Å². The summed E-state index contributed by atoms with van der Waals surface area (Å²) in [6, 6.07) is 4.44. The third-order valence-electron chi connectivity index (χ3n) is 2.90. The lowest BCUT2D eigenvalue weighted by molar-refractivity contribution is -0.120. The standard InChI is InChI=1S/C13H16BrFN2O.ClH/c14-12-4-3-11(15)5-10(12)7-17-13(18)8-16-6-9-1-2-9;/h3-5,9,16H,1-2,6-8H2,(H,17,18);1H. The molecule has 6 heteroatoms. The zero-order chi connectivity index (χ0) is 13.0. The van der Waals surface area contributed by atoms with Crippen LogP contribution in [0.2, 0.25) is 0 Å². The normalized spacial score (nSPS) is 13.8. The fraction of sp³-hybridized carbons (Fsp3) is 0.462. The minimum atomic E-state index is -0.297. The van der Waals surface area contributed by atoms with E-state index >= 15 is 0 Å². The van der Waals surface area contributed by atoms with Gasteiger partial charge in [0.05, 0.1) is 6.54 Å². The number of amides is 1. The van der Waals surface area contributed by atoms with Crippen LogP contribution >= 0.6 is 28.3 Å². The number of benzene rings is 1. The molecule has 0 heterocycles. The summed E-state index contributed by atoms with van der Waals surface area (Å²) in [7, 11) is 0. The second-order valence-corrected chi connectivity index (χ2v) is 5.44. The minimum absolute atomic E-state index is 0. The topological polar surface area (TPSA) is 41.1 Å². The van der Waals surface area contributed by atoms with Crippen LogP contribution in [0.3, 0.4) is 0 Å². The molecule has 2 N–H and O–H groups in total. The fourth-order valence-electron chi connectivity index (χ4n) is 1.65. The number of carbonyl (C=O) groups is 1. The minimum Gasteiger partial charge on any atom is -0.351 e. The molecular weight excluding hydrogens is 335 g/mol. The number of nitrogens with one attached hydrogen (secondary N) is 2. The Kier molecular flexibility index (Phi) is 6.75. The van der Waals surface area contributed by atoms with Gasteiger partial charge in [0.25, 0.3) is 0 Å². The molecule has 2 rings (SSSR count). The fourth-order valence-corrected chi connectivity index (χ4v) is 2.03. The molecule has 1 aliphatic rings. The van der Waals surface area contributed by atoms with Gasteiger partial charge in [-0.2, -0.15) is 0 Å². The summed E-state index contributed by atoms with van der Waals surface area (Å²) in [4.78, 5) is 11.5. The molecule has 0 saturated heterocycles. The van der Waals surface area contributed by atoms with Crippen molar-refractivity contribution in [3.63, 3.8) is 0 Å². The van der Waals surface area contributed by atoms with E-state index in [2.05, 4.69) is 26.6 Å². The molecule has 1 aliphatic carbocycles. The lowest BCUT2D eigenvalue weighted by Crippen LogP contribution is -2.34. The summed E-state index contributed by atoms with van der Waals surface area (Å²) in [5.74, 6) is 0.399. The van der Waals surface area contributed by atoms with Crippen molar-refractivity contribution in [2.45, 2.75) is 19.4 Å². The molecule has 1 saturated carbocycles. The van der Waals surface area contributed by atoms with Gasteiger partial charge in [-0.3, -0.25) is 4.79 Å². The van der Waals surface area contributed by atoms with Gasteiger partial charge in [-0.15, -0.1) is 12.4 Å². The Hall–Kier alpha value is -0.650. The summed E-state index contributed by atoms with van der Waals surface area (Å²) >= 11 is 3.33. The summed E-state index contributed by atoms with van der Waals surface area (Å²) < 4.78 is 13.8. The van der Waals surface area contributed by atoms with Crippen molar-refractivity contribution in [3.05, 3.63) is 34.1 Å². The average Bonchev–Trinajstić information content (AvgIpc) is 3.14. The maximum Gasteiger partial charge on any atom is 0.234 e. The molecule has 0 aromatic heterocycles. The van der Waals surface area contributed by atoms with Crippen molar-refractivity contribution < 1.29 is 9.18 Å². The summed E-state index contributed by atoms with van der Waals surface area (Å²) in [5.41, 5.74) is 0.741. The lowest BCUT2D eigenvalue weighted by Gasteiger charge is -2.08. The van der Waals surface area contributed by atoms with Gasteiger partial charge >= 0.3 is 0 Å². The number of carbonyl (C=O) groups excluding carboxylic acids is 1. The highest BCUT2D eigenvalue weighted by molar-refractivity contribution is 9.10. The SMILES string of the molecule is Cl.O=C(CNCC1CC1)NCc1cc(F)ccc1Br. The van der Waals surface area contributed by atoms with Gasteiger partial charge in [0.2, 0.25) is 5.91 Å². The molecular formula is C13H17BrClFN2O. The zero-order valence-corrected chi connectivity index (χ0v) is 12.8. The first-order chi connectivity index (χ1) is 8.65. The maximum absolute atomic E-state index is 13.0. The van der Waals surface area contributed by atoms with Crippen LogP contribution in [0, 0.1) is 11.7 Å². The van der Waals surface area contributed by atoms with Crippen molar-refractivity contribution in [1.82, 2.24) is 10.6 Å². The molecule has 0 spiro atoms. The van der Waals surface area contributed by atoms with Crippen molar-refractivity contribution in [2.75, 3.05) is 13.1 Å². The Morgan fingerprint density at radius 1 is 1.42 bits per heavy atom. The highest BCUT2D eigenvalue weighted by Gasteiger charge is 2.20. The summed E-state index contributed by atoms with van der Waals surface area (Å²) in [5, 5.41) is 5.87. The Balaban J connectivity index is 0.00000180. The Morgan fingerprint density at radius 3 is 2.84 bits per heavy atom. The molecule has 19 heavy (non-hydrogen) atoms. The molecule has 0 radical (unpaired) electrons. The summed E-state index contributed by atoms with van der Waals surface area (Å²) in [6.45, 7) is 1.57. The molecule has 106 valence electrons. The van der Waals surface area contributed by atoms with Crippen LogP contribution in [0.15, 0.2) is 22.7 Å². The van der Waals surface area contributed by atoms with Crippen molar-refractivity contribution in [3.8, 4) is 0 Å². The van der Waals surface area contributed by atoms with Crippen LogP contribution in [0.25, 0.3) is 0 Å². The lowest BCUT2D eigenvalue weighted by atomic mass is 10.2. The van der Waals surface area contributed by atoms with Gasteiger partial charge in [-0.1, -0.05) is 15.9 Å². The van der Waals surface area contributed by atoms with Crippen LogP contribution in [0.1, 0.15) is 18.4 Å². The van der Waals surface area contributed by atoms with Crippen LogP contribution in [-0.2, 0) is 11.3 Å². The monoisotopic (exact) mass is 350 g/mol. The Bertz CT molecular complexity index is 441. The second kappa shape index (κ2) is 7.82. The quantitative estimate of drug-likeness (QED) is 0.827. The van der Waals surface area contributed by atoms with Crippen molar-refractivity contribution >= 4 is 34.2 Å². The van der Waals surface area contributed by atoms with Crippen LogP contribution in [0.4, 0.5) is 4.39 Å². The molecule has 0 aliphatic heterocycles. The summed E-state index contributed by atoms with van der Waals surface area (Å²) in [6.07, 6.45) is 2.54. The third kappa shape index (κ3) is 5.89. The average molecular weight is 352 g/mol. The molecule has 1 aromatic rings. The van der Waals surface area contributed by atoms with Crippen molar-refractivity contribution in [1.29, 1.82) is 0 Å². The van der Waals surface area contributed by atoms with E-state index in [1.54, 1.807) is 6.07 Å². The van der Waals surface area contributed by atoms with E-state index in [-0.39, 0.29) is 24.1 Å². The van der Waals surface area contributed by atoms with E-state index in [9.17, 15) is 9.18 Å². The van der Waals surface area contributed by atoms with E-state index in [0.717, 1.165) is 22.5 Å². The number of hydrogen-bond acceptors (Lipinski definition) is 2. The largest absolute Gasteiger partial charge is 0.351 e. The molecule has 1 fully saturated rings. The first kappa shape index (κ1) is 16.4. The first-order valence-corrected chi connectivity index (χ1v) is 6.86. The highest BCUT2D eigenvalue weighted by atomic mass is 79.9. The van der Waals surface area contributed by atoms with E-state index in [4.69, 9.17) is 0 Å². The molecule has 0 atom stereocenters. The van der Waals surface area contributed by atoms with Gasteiger partial charge in [0.15, 0.2) is 0 Å². The zero-order valence-electron chi connectivity index (χ0n) is 10.4. The molecule has 1 amide bonds. The maximum atomic E-state index is 13.0. The Labute approximate surface area is 126 Å². The molecule has 0 unspecified atom stereocenters. The van der Waals surface area contributed by atoms with Gasteiger partial charge in [0.1, 0.15) is 5.82 Å². The van der Waals surface area contributed by atoms with Gasteiger partial charge in [-0.05, 0) is 49.1 Å². The van der Waals surface area contributed by atoms with Gasteiger partial charge in [0, 0.05) is 11.0 Å². The van der Waals surface area contributed by atoms with Crippen LogP contribution < -0.4 is 10.6 Å². The third-order valence-corrected chi connectivity index (χ3v) is 3.67. The molecule has 1 aromatic carbocycles.